The molecule has 4 rings (SSSR count). The quantitative estimate of drug-likeness (QED) is 0.698. The predicted molar refractivity (Wildman–Crippen MR) is 83.5 cm³/mol. The standard InChI is InChI=1S/C19H21FO/c1-19-8-3-4-17(19)16-11-18(20)14-6-5-12(21-2)10-15(14)13(16)7-9-19/h5-6,10-11,17H,3-4,7-9H2,1-2H3. The van der Waals surface area contributed by atoms with Crippen molar-refractivity contribution >= 4 is 10.8 Å². The predicted octanol–water partition coefficient (Wildman–Crippen LogP) is 5.21. The maximum Gasteiger partial charge on any atom is 0.131 e. The molecule has 1 saturated carbocycles. The van der Waals surface area contributed by atoms with E-state index in [-0.39, 0.29) is 5.82 Å². The van der Waals surface area contributed by atoms with E-state index in [2.05, 4.69) is 6.92 Å². The summed E-state index contributed by atoms with van der Waals surface area (Å²) < 4.78 is 19.9. The van der Waals surface area contributed by atoms with Crippen molar-refractivity contribution in [3.8, 4) is 5.75 Å². The Hall–Kier alpha value is -1.57. The molecular weight excluding hydrogens is 263 g/mol. The maximum atomic E-state index is 14.6. The van der Waals surface area contributed by atoms with E-state index in [9.17, 15) is 4.39 Å². The minimum absolute atomic E-state index is 0.0810. The molecule has 0 aliphatic heterocycles. The summed E-state index contributed by atoms with van der Waals surface area (Å²) in [4.78, 5) is 0. The second-order valence-corrected chi connectivity index (χ2v) is 6.94. The maximum absolute atomic E-state index is 14.6. The highest BCUT2D eigenvalue weighted by Crippen LogP contribution is 2.56. The Morgan fingerprint density at radius 3 is 2.86 bits per heavy atom. The van der Waals surface area contributed by atoms with Crippen LogP contribution in [0.2, 0.25) is 0 Å². The third-order valence-electron chi connectivity index (χ3n) is 5.84. The molecule has 2 unspecified atom stereocenters. The minimum atomic E-state index is -0.0810. The number of fused-ring (bicyclic) bond motifs is 5. The van der Waals surface area contributed by atoms with E-state index >= 15 is 0 Å². The van der Waals surface area contributed by atoms with E-state index in [0.29, 0.717) is 11.3 Å². The Bertz CT molecular complexity index is 721. The molecule has 0 N–H and O–H groups in total. The molecule has 1 nitrogen and oxygen atoms in total. The number of rotatable bonds is 1. The highest BCUT2D eigenvalue weighted by Gasteiger charge is 2.43. The first-order chi connectivity index (χ1) is 10.1. The summed E-state index contributed by atoms with van der Waals surface area (Å²) in [5.74, 6) is 1.27. The smallest absolute Gasteiger partial charge is 0.131 e. The van der Waals surface area contributed by atoms with Gasteiger partial charge < -0.3 is 4.74 Å². The number of halogens is 1. The first-order valence-electron chi connectivity index (χ1n) is 7.91. The van der Waals surface area contributed by atoms with Crippen LogP contribution in [0.15, 0.2) is 24.3 Å². The molecule has 0 radical (unpaired) electrons. The van der Waals surface area contributed by atoms with E-state index in [1.165, 1.54) is 36.8 Å². The molecule has 1 fully saturated rings. The Morgan fingerprint density at radius 1 is 1.19 bits per heavy atom. The fourth-order valence-corrected chi connectivity index (χ4v) is 4.63. The monoisotopic (exact) mass is 284 g/mol. The van der Waals surface area contributed by atoms with Crippen molar-refractivity contribution in [3.05, 3.63) is 41.2 Å². The molecule has 0 bridgehead atoms. The second-order valence-electron chi connectivity index (χ2n) is 6.94. The van der Waals surface area contributed by atoms with Crippen LogP contribution >= 0.6 is 0 Å². The van der Waals surface area contributed by atoms with Crippen LogP contribution in [-0.4, -0.2) is 7.11 Å². The molecule has 0 spiro atoms. The van der Waals surface area contributed by atoms with E-state index in [0.717, 1.165) is 22.9 Å². The van der Waals surface area contributed by atoms with Crippen LogP contribution in [0, 0.1) is 11.2 Å². The largest absolute Gasteiger partial charge is 0.497 e. The van der Waals surface area contributed by atoms with Crippen LogP contribution in [0.3, 0.4) is 0 Å². The van der Waals surface area contributed by atoms with E-state index in [1.54, 1.807) is 7.11 Å². The van der Waals surface area contributed by atoms with Gasteiger partial charge in [0.05, 0.1) is 7.11 Å². The Kier molecular flexibility index (Phi) is 2.79. The lowest BCUT2D eigenvalue weighted by atomic mass is 9.66. The van der Waals surface area contributed by atoms with Crippen molar-refractivity contribution < 1.29 is 9.13 Å². The van der Waals surface area contributed by atoms with Gasteiger partial charge >= 0.3 is 0 Å². The molecule has 0 heterocycles. The molecule has 2 atom stereocenters. The highest BCUT2D eigenvalue weighted by molar-refractivity contribution is 5.89. The van der Waals surface area contributed by atoms with Gasteiger partial charge in [0.25, 0.3) is 0 Å². The van der Waals surface area contributed by atoms with Crippen molar-refractivity contribution in [1.29, 1.82) is 0 Å². The summed E-state index contributed by atoms with van der Waals surface area (Å²) >= 11 is 0. The van der Waals surface area contributed by atoms with Crippen LogP contribution in [-0.2, 0) is 6.42 Å². The fourth-order valence-electron chi connectivity index (χ4n) is 4.63. The number of aryl methyl sites for hydroxylation is 1. The summed E-state index contributed by atoms with van der Waals surface area (Å²) in [6, 6.07) is 7.53. The average Bonchev–Trinajstić information content (AvgIpc) is 2.89. The van der Waals surface area contributed by atoms with Crippen molar-refractivity contribution in [3.63, 3.8) is 0 Å². The molecule has 0 saturated heterocycles. The van der Waals surface area contributed by atoms with Crippen molar-refractivity contribution in [2.24, 2.45) is 5.41 Å². The van der Waals surface area contributed by atoms with Gasteiger partial charge in [0.2, 0.25) is 0 Å². The van der Waals surface area contributed by atoms with Gasteiger partial charge in [-0.2, -0.15) is 0 Å². The van der Waals surface area contributed by atoms with Crippen LogP contribution in [0.1, 0.15) is 49.7 Å². The number of methoxy groups -OCH3 is 1. The van der Waals surface area contributed by atoms with Gasteiger partial charge in [0.1, 0.15) is 11.6 Å². The van der Waals surface area contributed by atoms with Crippen molar-refractivity contribution in [2.45, 2.75) is 44.9 Å². The first kappa shape index (κ1) is 13.1. The molecule has 0 aromatic heterocycles. The summed E-state index contributed by atoms with van der Waals surface area (Å²) in [5.41, 5.74) is 3.00. The van der Waals surface area contributed by atoms with Crippen LogP contribution in [0.25, 0.3) is 10.8 Å². The zero-order valence-electron chi connectivity index (χ0n) is 12.7. The van der Waals surface area contributed by atoms with Gasteiger partial charge in [0, 0.05) is 5.39 Å². The van der Waals surface area contributed by atoms with Gasteiger partial charge in [-0.1, -0.05) is 13.3 Å². The highest BCUT2D eigenvalue weighted by atomic mass is 19.1. The summed E-state index contributed by atoms with van der Waals surface area (Å²) in [7, 11) is 1.67. The van der Waals surface area contributed by atoms with E-state index < -0.39 is 0 Å². The molecule has 110 valence electrons. The third-order valence-corrected chi connectivity index (χ3v) is 5.84. The van der Waals surface area contributed by atoms with Crippen LogP contribution in [0.5, 0.6) is 5.75 Å². The summed E-state index contributed by atoms with van der Waals surface area (Å²) in [5, 5.41) is 1.79. The molecule has 0 amide bonds. The first-order valence-corrected chi connectivity index (χ1v) is 7.91. The SMILES string of the molecule is COc1ccc2c(F)cc3c(c2c1)CCC1(C)CCCC31. The van der Waals surface area contributed by atoms with E-state index in [4.69, 9.17) is 4.74 Å². The number of benzene rings is 2. The average molecular weight is 284 g/mol. The Morgan fingerprint density at radius 2 is 2.05 bits per heavy atom. The lowest BCUT2D eigenvalue weighted by Gasteiger charge is -2.38. The minimum Gasteiger partial charge on any atom is -0.497 e. The van der Waals surface area contributed by atoms with Gasteiger partial charge in [-0.15, -0.1) is 0 Å². The number of hydrogen-bond acceptors (Lipinski definition) is 1. The molecule has 2 aliphatic rings. The van der Waals surface area contributed by atoms with E-state index in [1.807, 2.05) is 24.3 Å². The molecule has 21 heavy (non-hydrogen) atoms. The molecule has 2 aromatic rings. The summed E-state index contributed by atoms with van der Waals surface area (Å²) in [6.07, 6.45) is 6.06. The summed E-state index contributed by atoms with van der Waals surface area (Å²) in [6.45, 7) is 2.39. The Balaban J connectivity index is 1.99. The van der Waals surface area contributed by atoms with Gasteiger partial charge in [-0.25, -0.2) is 4.39 Å². The van der Waals surface area contributed by atoms with Crippen LogP contribution in [0.4, 0.5) is 4.39 Å². The topological polar surface area (TPSA) is 9.23 Å². The molecular formula is C19H21FO. The normalized spacial score (nSPS) is 27.5. The molecule has 2 aliphatic carbocycles. The van der Waals surface area contributed by atoms with Crippen LogP contribution < -0.4 is 4.74 Å². The number of ether oxygens (including phenoxy) is 1. The van der Waals surface area contributed by atoms with Crippen molar-refractivity contribution in [2.75, 3.05) is 7.11 Å². The van der Waals surface area contributed by atoms with Crippen molar-refractivity contribution in [1.82, 2.24) is 0 Å². The van der Waals surface area contributed by atoms with Gasteiger partial charge in [0.15, 0.2) is 0 Å². The lowest BCUT2D eigenvalue weighted by molar-refractivity contribution is 0.252. The Labute approximate surface area is 125 Å². The fraction of sp³-hybridized carbons (Fsp3) is 0.474. The third kappa shape index (κ3) is 1.81. The molecule has 2 aromatic carbocycles. The zero-order chi connectivity index (χ0) is 14.6. The van der Waals surface area contributed by atoms with Gasteiger partial charge in [-0.05, 0) is 77.8 Å². The molecule has 2 heteroatoms. The zero-order valence-corrected chi connectivity index (χ0v) is 12.7. The second kappa shape index (κ2) is 4.46. The van der Waals surface area contributed by atoms with Gasteiger partial charge in [-0.3, -0.25) is 0 Å². The number of hydrogen-bond donors (Lipinski definition) is 0. The lowest BCUT2D eigenvalue weighted by Crippen LogP contribution is -2.26.